The number of nitrogens with one attached hydrogen (secondary N) is 1. The summed E-state index contributed by atoms with van der Waals surface area (Å²) in [6.07, 6.45) is 14.0. The molecular formula is C52H53N. The number of rotatable bonds is 9. The van der Waals surface area contributed by atoms with E-state index in [2.05, 4.69) is 185 Å². The van der Waals surface area contributed by atoms with Crippen LogP contribution in [-0.4, -0.2) is 6.04 Å². The first-order chi connectivity index (χ1) is 25.9. The molecule has 0 saturated carbocycles. The van der Waals surface area contributed by atoms with Gasteiger partial charge in [-0.3, -0.25) is 0 Å². The minimum atomic E-state index is 0.464. The van der Waals surface area contributed by atoms with Crippen molar-refractivity contribution >= 4 is 33.7 Å². The summed E-state index contributed by atoms with van der Waals surface area (Å²) >= 11 is 0. The zero-order chi connectivity index (χ0) is 36.7. The highest BCUT2D eigenvalue weighted by Gasteiger charge is 2.31. The Morgan fingerprint density at radius 1 is 0.736 bits per heavy atom. The fourth-order valence-electron chi connectivity index (χ4n) is 7.98. The highest BCUT2D eigenvalue weighted by Crippen LogP contribution is 2.47. The number of aryl methyl sites for hydroxylation is 1. The van der Waals surface area contributed by atoms with Crippen molar-refractivity contribution in [2.45, 2.75) is 78.2 Å². The van der Waals surface area contributed by atoms with Crippen molar-refractivity contribution in [3.05, 3.63) is 180 Å². The van der Waals surface area contributed by atoms with Gasteiger partial charge in [-0.25, -0.2) is 0 Å². The predicted octanol–water partition coefficient (Wildman–Crippen LogP) is 14.6. The van der Waals surface area contributed by atoms with Crippen LogP contribution >= 0.6 is 0 Å². The van der Waals surface area contributed by atoms with Gasteiger partial charge in [0, 0.05) is 23.2 Å². The second-order valence-corrected chi connectivity index (χ2v) is 14.9. The number of anilines is 1. The van der Waals surface area contributed by atoms with Gasteiger partial charge in [-0.05, 0) is 131 Å². The lowest BCUT2D eigenvalue weighted by molar-refractivity contribution is 0.693. The Labute approximate surface area is 317 Å². The van der Waals surface area contributed by atoms with Crippen molar-refractivity contribution < 1.29 is 0 Å². The van der Waals surface area contributed by atoms with Gasteiger partial charge in [0.25, 0.3) is 0 Å². The Balaban J connectivity index is 0.000000195. The van der Waals surface area contributed by atoms with Crippen LogP contribution in [0.4, 0.5) is 5.69 Å². The smallest absolute Gasteiger partial charge is 0.0461 e. The summed E-state index contributed by atoms with van der Waals surface area (Å²) in [5, 5.41) is 6.64. The van der Waals surface area contributed by atoms with Crippen molar-refractivity contribution in [3.8, 4) is 22.3 Å². The molecule has 1 heteroatoms. The number of hydrogen-bond acceptors (Lipinski definition) is 1. The van der Waals surface area contributed by atoms with Gasteiger partial charge in [0.05, 0.1) is 0 Å². The molecule has 266 valence electrons. The zero-order valence-electron chi connectivity index (χ0n) is 32.0. The van der Waals surface area contributed by atoms with Crippen LogP contribution in [0, 0.1) is 0 Å². The van der Waals surface area contributed by atoms with Gasteiger partial charge in [0.1, 0.15) is 0 Å². The van der Waals surface area contributed by atoms with Crippen LogP contribution in [0.3, 0.4) is 0 Å². The van der Waals surface area contributed by atoms with Crippen LogP contribution in [0.15, 0.2) is 146 Å². The predicted molar refractivity (Wildman–Crippen MR) is 232 cm³/mol. The van der Waals surface area contributed by atoms with E-state index < -0.39 is 0 Å². The van der Waals surface area contributed by atoms with Crippen molar-refractivity contribution in [1.82, 2.24) is 0 Å². The van der Waals surface area contributed by atoms with Gasteiger partial charge in [-0.15, -0.1) is 0 Å². The van der Waals surface area contributed by atoms with Crippen LogP contribution in [0.1, 0.15) is 92.7 Å². The van der Waals surface area contributed by atoms with E-state index in [0.29, 0.717) is 12.0 Å². The molecule has 53 heavy (non-hydrogen) atoms. The van der Waals surface area contributed by atoms with Crippen molar-refractivity contribution in [2.75, 3.05) is 5.32 Å². The highest BCUT2D eigenvalue weighted by atomic mass is 15.0. The minimum Gasteiger partial charge on any atom is -0.381 e. The summed E-state index contributed by atoms with van der Waals surface area (Å²) in [5.74, 6) is 0.507. The standard InChI is InChI=1S/C33H31N.C19H22/c1-20(2)23-9-7-10-24(17-23)25-11-8-12-26(18-25)27-15-16-29-31(19-27)28-13-5-6-14-30(28)33-32(29)21(3)22(4)34-33;1-2-3-12-19(18-13-8-5-9-14-18)16-15-17-10-6-4-7-11-17/h6-12,14-19,21-22,34H,1,5,13H2,2-4H3;4-11,13-14,16H,2-3,12,15H2,1H3/b;19-16+. The molecule has 2 unspecified atom stereocenters. The molecule has 6 aromatic carbocycles. The maximum atomic E-state index is 4.11. The molecule has 0 saturated heterocycles. The molecule has 0 fully saturated rings. The molecule has 8 rings (SSSR count). The first kappa shape index (κ1) is 36.0. The maximum absolute atomic E-state index is 4.11. The molecule has 2 atom stereocenters. The van der Waals surface area contributed by atoms with Gasteiger partial charge in [0.2, 0.25) is 0 Å². The zero-order valence-corrected chi connectivity index (χ0v) is 32.0. The Bertz CT molecular complexity index is 2270. The van der Waals surface area contributed by atoms with Crippen molar-refractivity contribution in [3.63, 3.8) is 0 Å². The summed E-state index contributed by atoms with van der Waals surface area (Å²) in [6, 6.07) is 46.6. The average Bonchev–Trinajstić information content (AvgIpc) is 3.52. The van der Waals surface area contributed by atoms with Crippen LogP contribution in [0.25, 0.3) is 50.2 Å². The number of fused-ring (bicyclic) bond motifs is 6. The van der Waals surface area contributed by atoms with E-state index in [-0.39, 0.29) is 0 Å². The summed E-state index contributed by atoms with van der Waals surface area (Å²) in [4.78, 5) is 0. The van der Waals surface area contributed by atoms with Gasteiger partial charge in [0.15, 0.2) is 0 Å². The van der Waals surface area contributed by atoms with Gasteiger partial charge in [-0.1, -0.05) is 160 Å². The first-order valence-corrected chi connectivity index (χ1v) is 19.6. The molecule has 0 spiro atoms. The van der Waals surface area contributed by atoms with Gasteiger partial charge in [-0.2, -0.15) is 0 Å². The molecule has 1 heterocycles. The Morgan fingerprint density at radius 3 is 2.11 bits per heavy atom. The average molecular weight is 692 g/mol. The Kier molecular flexibility index (Phi) is 11.2. The monoisotopic (exact) mass is 691 g/mol. The van der Waals surface area contributed by atoms with Gasteiger partial charge < -0.3 is 5.32 Å². The Morgan fingerprint density at radius 2 is 1.40 bits per heavy atom. The SMILES string of the molecule is C=C(C)c1cccc(-c2cccc(-c3ccc4c5c(c6c(c4c3)CCC=C6)NC(C)C5C)c2)c1.CCCC/C(=C\Cc1ccccc1)c1ccccc1. The van der Waals surface area contributed by atoms with Crippen LogP contribution in [0.2, 0.25) is 0 Å². The fraction of sp³-hybridized carbons (Fsp3) is 0.231. The molecule has 0 aromatic heterocycles. The normalized spacial score (nSPS) is 16.0. The summed E-state index contributed by atoms with van der Waals surface area (Å²) < 4.78 is 0. The van der Waals surface area contributed by atoms with Crippen LogP contribution in [-0.2, 0) is 12.8 Å². The first-order valence-electron chi connectivity index (χ1n) is 19.6. The van der Waals surface area contributed by atoms with E-state index in [1.54, 1.807) is 0 Å². The second-order valence-electron chi connectivity index (χ2n) is 14.9. The summed E-state index contributed by atoms with van der Waals surface area (Å²) in [6.45, 7) is 13.1. The molecule has 0 amide bonds. The highest BCUT2D eigenvalue weighted by molar-refractivity contribution is 6.01. The van der Waals surface area contributed by atoms with Crippen LogP contribution in [0.5, 0.6) is 0 Å². The topological polar surface area (TPSA) is 12.0 Å². The Hall–Kier alpha value is -5.40. The minimum absolute atomic E-state index is 0.464. The number of hydrogen-bond donors (Lipinski definition) is 1. The van der Waals surface area contributed by atoms with E-state index in [1.807, 2.05) is 0 Å². The van der Waals surface area contributed by atoms with Crippen molar-refractivity contribution in [2.24, 2.45) is 0 Å². The molecule has 1 aliphatic carbocycles. The largest absolute Gasteiger partial charge is 0.381 e. The fourth-order valence-corrected chi connectivity index (χ4v) is 7.98. The number of unbranched alkanes of at least 4 members (excludes halogenated alkanes) is 1. The van der Waals surface area contributed by atoms with E-state index in [1.165, 1.54) is 96.9 Å². The third-order valence-electron chi connectivity index (χ3n) is 11.2. The molecule has 0 radical (unpaired) electrons. The lowest BCUT2D eigenvalue weighted by atomic mass is 9.83. The van der Waals surface area contributed by atoms with Gasteiger partial charge >= 0.3 is 0 Å². The quantitative estimate of drug-likeness (QED) is 0.159. The maximum Gasteiger partial charge on any atom is 0.0461 e. The molecule has 6 aromatic rings. The van der Waals surface area contributed by atoms with E-state index in [4.69, 9.17) is 0 Å². The molecule has 1 aliphatic heterocycles. The second kappa shape index (κ2) is 16.5. The third-order valence-corrected chi connectivity index (χ3v) is 11.2. The molecular weight excluding hydrogens is 639 g/mol. The van der Waals surface area contributed by atoms with E-state index >= 15 is 0 Å². The summed E-state index contributed by atoms with van der Waals surface area (Å²) in [7, 11) is 0. The van der Waals surface area contributed by atoms with Crippen molar-refractivity contribution in [1.29, 1.82) is 0 Å². The van der Waals surface area contributed by atoms with E-state index in [9.17, 15) is 0 Å². The number of allylic oxidation sites excluding steroid dienone is 4. The molecule has 1 N–H and O–H groups in total. The number of benzene rings is 6. The van der Waals surface area contributed by atoms with Crippen LogP contribution < -0.4 is 5.32 Å². The molecule has 1 nitrogen and oxygen atoms in total. The lowest BCUT2D eigenvalue weighted by Gasteiger charge is -2.20. The molecule has 2 aliphatic rings. The third kappa shape index (κ3) is 8.01. The lowest BCUT2D eigenvalue weighted by Crippen LogP contribution is -2.13. The summed E-state index contributed by atoms with van der Waals surface area (Å²) in [5.41, 5.74) is 17.3. The molecule has 0 bridgehead atoms. The van der Waals surface area contributed by atoms with E-state index in [0.717, 1.165) is 24.8 Å².